The van der Waals surface area contributed by atoms with Gasteiger partial charge in [0, 0.05) is 0 Å². The van der Waals surface area contributed by atoms with Gasteiger partial charge in [-0.25, -0.2) is 0 Å². The second kappa shape index (κ2) is 3.80. The van der Waals surface area contributed by atoms with Gasteiger partial charge in [-0.3, -0.25) is 4.79 Å². The highest BCUT2D eigenvalue weighted by Gasteiger charge is 2.52. The summed E-state index contributed by atoms with van der Waals surface area (Å²) in [5.74, 6) is 4.40. The van der Waals surface area contributed by atoms with Crippen LogP contribution in [0, 0.1) is 29.1 Å². The van der Waals surface area contributed by atoms with Crippen LogP contribution < -0.4 is 0 Å². The van der Waals surface area contributed by atoms with Gasteiger partial charge in [0.25, 0.3) is 6.47 Å². The standard InChI is InChI=1S/C12H20.CH2O2/c1-8-11-4-9-3-10(5-11)7-12(8,2)6-9;2-1-3/h8-11H,3-7H2,1-2H3;1H,(H,2,3). The summed E-state index contributed by atoms with van der Waals surface area (Å²) in [6, 6.07) is 0. The molecule has 0 aromatic heterocycles. The molecule has 4 rings (SSSR count). The van der Waals surface area contributed by atoms with Gasteiger partial charge in [0.1, 0.15) is 0 Å². The van der Waals surface area contributed by atoms with Gasteiger partial charge in [0.15, 0.2) is 0 Å². The molecule has 4 aliphatic rings. The SMILES string of the molecule is CC1C2CC3CC(C2)CC1(C)C3.O=CO. The van der Waals surface area contributed by atoms with Crippen molar-refractivity contribution in [2.45, 2.75) is 46.0 Å². The molecule has 0 aromatic carbocycles. The maximum atomic E-state index is 8.36. The van der Waals surface area contributed by atoms with E-state index < -0.39 is 0 Å². The van der Waals surface area contributed by atoms with Crippen LogP contribution in [0.2, 0.25) is 0 Å². The summed E-state index contributed by atoms with van der Waals surface area (Å²) in [6.45, 7) is 4.82. The molecule has 2 nitrogen and oxygen atoms in total. The van der Waals surface area contributed by atoms with Crippen molar-refractivity contribution in [2.75, 3.05) is 0 Å². The van der Waals surface area contributed by atoms with Crippen LogP contribution in [0.25, 0.3) is 0 Å². The molecular weight excluding hydrogens is 188 g/mol. The van der Waals surface area contributed by atoms with Crippen molar-refractivity contribution in [2.24, 2.45) is 29.1 Å². The lowest BCUT2D eigenvalue weighted by Crippen LogP contribution is -2.50. The van der Waals surface area contributed by atoms with Gasteiger partial charge >= 0.3 is 0 Å². The molecule has 4 aliphatic carbocycles. The molecule has 4 saturated carbocycles. The number of carboxylic acid groups (broad SMARTS) is 1. The molecule has 4 fully saturated rings. The van der Waals surface area contributed by atoms with E-state index in [1.54, 1.807) is 32.1 Å². The van der Waals surface area contributed by atoms with Gasteiger partial charge in [-0.05, 0) is 61.2 Å². The lowest BCUT2D eigenvalue weighted by Gasteiger charge is -2.59. The molecule has 0 heterocycles. The van der Waals surface area contributed by atoms with Crippen molar-refractivity contribution in [1.82, 2.24) is 0 Å². The Morgan fingerprint density at radius 1 is 1.20 bits per heavy atom. The number of hydrogen-bond acceptors (Lipinski definition) is 1. The van der Waals surface area contributed by atoms with Crippen molar-refractivity contribution in [1.29, 1.82) is 0 Å². The van der Waals surface area contributed by atoms with E-state index in [0.717, 1.165) is 29.1 Å². The molecule has 0 aliphatic heterocycles. The fraction of sp³-hybridized carbons (Fsp3) is 0.923. The molecule has 0 aromatic rings. The number of carbonyl (C=O) groups is 1. The minimum Gasteiger partial charge on any atom is -0.483 e. The van der Waals surface area contributed by atoms with E-state index in [2.05, 4.69) is 13.8 Å². The minimum atomic E-state index is -0.250. The lowest BCUT2D eigenvalue weighted by molar-refractivity contribution is -0.122. The maximum absolute atomic E-state index is 8.36. The third kappa shape index (κ3) is 1.79. The molecule has 4 bridgehead atoms. The Bertz CT molecular complexity index is 235. The van der Waals surface area contributed by atoms with E-state index in [1.807, 2.05) is 0 Å². The summed E-state index contributed by atoms with van der Waals surface area (Å²) in [4.78, 5) is 8.36. The average molecular weight is 210 g/mol. The molecule has 2 heteroatoms. The fourth-order valence-electron chi connectivity index (χ4n) is 4.70. The van der Waals surface area contributed by atoms with Gasteiger partial charge in [-0.2, -0.15) is 0 Å². The third-order valence-corrected chi connectivity index (χ3v) is 5.26. The van der Waals surface area contributed by atoms with Crippen LogP contribution >= 0.6 is 0 Å². The molecule has 0 spiro atoms. The summed E-state index contributed by atoms with van der Waals surface area (Å²) in [7, 11) is 0. The summed E-state index contributed by atoms with van der Waals surface area (Å²) in [5, 5.41) is 6.89. The van der Waals surface area contributed by atoms with Gasteiger partial charge in [-0.15, -0.1) is 0 Å². The Morgan fingerprint density at radius 3 is 2.07 bits per heavy atom. The molecule has 86 valence electrons. The highest BCUT2D eigenvalue weighted by atomic mass is 16.3. The minimum absolute atomic E-state index is 0.250. The average Bonchev–Trinajstić information content (AvgIpc) is 2.13. The van der Waals surface area contributed by atoms with Crippen LogP contribution in [0.4, 0.5) is 0 Å². The molecule has 3 atom stereocenters. The first kappa shape index (κ1) is 11.0. The van der Waals surface area contributed by atoms with Crippen LogP contribution in [0.15, 0.2) is 0 Å². The Labute approximate surface area is 92.1 Å². The predicted molar refractivity (Wildman–Crippen MR) is 59.5 cm³/mol. The quantitative estimate of drug-likeness (QED) is 0.623. The van der Waals surface area contributed by atoms with Crippen molar-refractivity contribution in [3.05, 3.63) is 0 Å². The zero-order valence-electron chi connectivity index (χ0n) is 9.78. The first-order valence-corrected chi connectivity index (χ1v) is 6.17. The molecule has 0 amide bonds. The lowest BCUT2D eigenvalue weighted by atomic mass is 9.46. The van der Waals surface area contributed by atoms with Crippen molar-refractivity contribution in [3.8, 4) is 0 Å². The van der Waals surface area contributed by atoms with Gasteiger partial charge < -0.3 is 5.11 Å². The second-order valence-corrected chi connectivity index (χ2v) is 6.16. The van der Waals surface area contributed by atoms with Crippen LogP contribution in [-0.2, 0) is 4.79 Å². The summed E-state index contributed by atoms with van der Waals surface area (Å²) >= 11 is 0. The van der Waals surface area contributed by atoms with Crippen LogP contribution in [0.1, 0.15) is 46.0 Å². The van der Waals surface area contributed by atoms with E-state index >= 15 is 0 Å². The molecule has 0 saturated heterocycles. The Kier molecular flexibility index (Phi) is 2.78. The zero-order valence-corrected chi connectivity index (χ0v) is 9.78. The smallest absolute Gasteiger partial charge is 0.290 e. The van der Waals surface area contributed by atoms with Gasteiger partial charge in [0.05, 0.1) is 0 Å². The van der Waals surface area contributed by atoms with Crippen molar-refractivity contribution in [3.63, 3.8) is 0 Å². The van der Waals surface area contributed by atoms with Crippen LogP contribution in [-0.4, -0.2) is 11.6 Å². The topological polar surface area (TPSA) is 37.3 Å². The number of rotatable bonds is 0. The van der Waals surface area contributed by atoms with Crippen molar-refractivity contribution < 1.29 is 9.90 Å². The van der Waals surface area contributed by atoms with E-state index in [-0.39, 0.29) is 6.47 Å². The predicted octanol–water partition coefficient (Wildman–Crippen LogP) is 3.17. The summed E-state index contributed by atoms with van der Waals surface area (Å²) < 4.78 is 0. The van der Waals surface area contributed by atoms with E-state index in [9.17, 15) is 0 Å². The van der Waals surface area contributed by atoms with E-state index in [4.69, 9.17) is 9.90 Å². The first-order valence-electron chi connectivity index (χ1n) is 6.17. The highest BCUT2D eigenvalue weighted by molar-refractivity contribution is 5.32. The Morgan fingerprint density at radius 2 is 1.67 bits per heavy atom. The maximum Gasteiger partial charge on any atom is 0.290 e. The molecule has 0 radical (unpaired) electrons. The third-order valence-electron chi connectivity index (χ3n) is 5.26. The molecule has 1 N–H and O–H groups in total. The summed E-state index contributed by atoms with van der Waals surface area (Å²) in [6.07, 6.45) is 7.85. The van der Waals surface area contributed by atoms with Crippen molar-refractivity contribution >= 4 is 6.47 Å². The Balaban J connectivity index is 0.000000258. The monoisotopic (exact) mass is 210 g/mol. The largest absolute Gasteiger partial charge is 0.483 e. The first-order chi connectivity index (χ1) is 7.09. The molecule has 15 heavy (non-hydrogen) atoms. The highest BCUT2D eigenvalue weighted by Crippen LogP contribution is 2.62. The Hall–Kier alpha value is -0.530. The van der Waals surface area contributed by atoms with Gasteiger partial charge in [-0.1, -0.05) is 13.8 Å². The summed E-state index contributed by atoms with van der Waals surface area (Å²) in [5.41, 5.74) is 0.759. The van der Waals surface area contributed by atoms with E-state index in [1.165, 1.54) is 0 Å². The van der Waals surface area contributed by atoms with Crippen LogP contribution in [0.5, 0.6) is 0 Å². The van der Waals surface area contributed by atoms with Crippen LogP contribution in [0.3, 0.4) is 0 Å². The molecule has 3 unspecified atom stereocenters. The molecular formula is C13H22O2. The normalized spacial score (nSPS) is 50.8. The zero-order chi connectivity index (χ0) is 11.1. The second-order valence-electron chi connectivity index (χ2n) is 6.16. The van der Waals surface area contributed by atoms with Gasteiger partial charge in [0.2, 0.25) is 0 Å². The van der Waals surface area contributed by atoms with E-state index in [0.29, 0.717) is 0 Å². The fourth-order valence-corrected chi connectivity index (χ4v) is 4.70. The number of hydrogen-bond donors (Lipinski definition) is 1.